The van der Waals surface area contributed by atoms with Gasteiger partial charge in [0.05, 0.1) is 0 Å². The Morgan fingerprint density at radius 3 is 2.65 bits per heavy atom. The summed E-state index contributed by atoms with van der Waals surface area (Å²) in [6.07, 6.45) is 0.692. The predicted molar refractivity (Wildman–Crippen MR) is 72.9 cm³/mol. The Labute approximate surface area is 117 Å². The molecule has 1 aromatic rings. The average Bonchev–Trinajstić information content (AvgIpc) is 2.38. The lowest BCUT2D eigenvalue weighted by Gasteiger charge is -2.26. The van der Waals surface area contributed by atoms with Gasteiger partial charge in [0.2, 0.25) is 0 Å². The highest BCUT2D eigenvalue weighted by Crippen LogP contribution is 2.18. The lowest BCUT2D eigenvalue weighted by Crippen LogP contribution is -2.38. The summed E-state index contributed by atoms with van der Waals surface area (Å²) in [5, 5.41) is 0. The molecule has 0 saturated heterocycles. The summed E-state index contributed by atoms with van der Waals surface area (Å²) in [6.45, 7) is 1.92. The lowest BCUT2D eigenvalue weighted by atomic mass is 10.1. The van der Waals surface area contributed by atoms with Crippen LogP contribution in [0.2, 0.25) is 0 Å². The van der Waals surface area contributed by atoms with Gasteiger partial charge < -0.3 is 15.4 Å². The van der Waals surface area contributed by atoms with Crippen LogP contribution in [0, 0.1) is 0 Å². The maximum atomic E-state index is 12.4. The van der Waals surface area contributed by atoms with Crippen molar-refractivity contribution in [3.63, 3.8) is 0 Å². The van der Waals surface area contributed by atoms with Gasteiger partial charge in [-0.25, -0.2) is 0 Å². The number of rotatable bonds is 7. The lowest BCUT2D eigenvalue weighted by molar-refractivity contribution is -0.0499. The minimum absolute atomic E-state index is 0.00808. The Morgan fingerprint density at radius 1 is 1.40 bits per heavy atom. The van der Waals surface area contributed by atoms with Crippen LogP contribution in [0.4, 0.5) is 8.78 Å². The number of ether oxygens (including phenoxy) is 1. The zero-order chi connectivity index (χ0) is 15.1. The van der Waals surface area contributed by atoms with E-state index in [9.17, 15) is 13.6 Å². The normalized spacial score (nSPS) is 10.9. The summed E-state index contributed by atoms with van der Waals surface area (Å²) in [7, 11) is 0. The van der Waals surface area contributed by atoms with E-state index in [2.05, 4.69) is 4.74 Å². The van der Waals surface area contributed by atoms with E-state index >= 15 is 0 Å². The van der Waals surface area contributed by atoms with E-state index in [-0.39, 0.29) is 17.7 Å². The van der Waals surface area contributed by atoms with Crippen molar-refractivity contribution in [2.45, 2.75) is 32.9 Å². The highest BCUT2D eigenvalue weighted by Gasteiger charge is 2.19. The van der Waals surface area contributed by atoms with E-state index < -0.39 is 6.61 Å². The molecule has 0 bridgehead atoms. The average molecular weight is 286 g/mol. The molecule has 0 fully saturated rings. The third-order valence-corrected chi connectivity index (χ3v) is 2.79. The quantitative estimate of drug-likeness (QED) is 0.838. The molecule has 1 aromatic carbocycles. The number of nitrogens with zero attached hydrogens (tertiary/aromatic N) is 1. The van der Waals surface area contributed by atoms with Gasteiger partial charge in [-0.15, -0.1) is 0 Å². The van der Waals surface area contributed by atoms with Crippen LogP contribution in [0.1, 0.15) is 30.6 Å². The molecule has 0 unspecified atom stereocenters. The van der Waals surface area contributed by atoms with E-state index in [4.69, 9.17) is 5.73 Å². The van der Waals surface area contributed by atoms with Gasteiger partial charge in [-0.3, -0.25) is 4.79 Å². The number of halogens is 2. The molecule has 0 spiro atoms. The second-order valence-electron chi connectivity index (χ2n) is 4.64. The number of hydrogen-bond donors (Lipinski definition) is 1. The SMILES string of the molecule is CC(C)N(CCCN)C(=O)c1cccc(OC(F)F)c1. The van der Waals surface area contributed by atoms with Gasteiger partial charge in [0.25, 0.3) is 5.91 Å². The molecule has 1 rings (SSSR count). The molecule has 4 nitrogen and oxygen atoms in total. The van der Waals surface area contributed by atoms with Gasteiger partial charge in [-0.2, -0.15) is 8.78 Å². The van der Waals surface area contributed by atoms with Crippen molar-refractivity contribution in [1.29, 1.82) is 0 Å². The molecule has 0 radical (unpaired) electrons. The smallest absolute Gasteiger partial charge is 0.387 e. The minimum atomic E-state index is -2.90. The molecule has 0 aliphatic carbocycles. The summed E-state index contributed by atoms with van der Waals surface area (Å²) in [5.41, 5.74) is 5.78. The predicted octanol–water partition coefficient (Wildman–Crippen LogP) is 2.49. The maximum absolute atomic E-state index is 12.4. The summed E-state index contributed by atoms with van der Waals surface area (Å²) in [5.74, 6) is -0.235. The minimum Gasteiger partial charge on any atom is -0.435 e. The first-order valence-corrected chi connectivity index (χ1v) is 6.51. The van der Waals surface area contributed by atoms with Gasteiger partial charge in [0.1, 0.15) is 5.75 Å². The van der Waals surface area contributed by atoms with Crippen molar-refractivity contribution in [2.75, 3.05) is 13.1 Å². The van der Waals surface area contributed by atoms with E-state index in [1.54, 1.807) is 11.0 Å². The van der Waals surface area contributed by atoms with Crippen LogP contribution in [0.5, 0.6) is 5.75 Å². The van der Waals surface area contributed by atoms with Crippen LogP contribution in [0.3, 0.4) is 0 Å². The molecule has 1 amide bonds. The number of carbonyl (C=O) groups is 1. The first kappa shape index (κ1) is 16.4. The Bertz CT molecular complexity index is 439. The summed E-state index contributed by atoms with van der Waals surface area (Å²) in [4.78, 5) is 14.0. The van der Waals surface area contributed by atoms with E-state index in [1.807, 2.05) is 13.8 Å². The molecule has 0 atom stereocenters. The third kappa shape index (κ3) is 4.77. The second-order valence-corrected chi connectivity index (χ2v) is 4.64. The topological polar surface area (TPSA) is 55.6 Å². The molecule has 112 valence electrons. The fraction of sp³-hybridized carbons (Fsp3) is 0.500. The monoisotopic (exact) mass is 286 g/mol. The molecular formula is C14H20F2N2O2. The number of hydrogen-bond acceptors (Lipinski definition) is 3. The maximum Gasteiger partial charge on any atom is 0.387 e. The molecule has 20 heavy (non-hydrogen) atoms. The highest BCUT2D eigenvalue weighted by atomic mass is 19.3. The molecule has 0 aliphatic heterocycles. The Balaban J connectivity index is 2.88. The Morgan fingerprint density at radius 2 is 2.10 bits per heavy atom. The number of benzene rings is 1. The van der Waals surface area contributed by atoms with Gasteiger partial charge in [-0.1, -0.05) is 6.07 Å². The fourth-order valence-corrected chi connectivity index (χ4v) is 1.83. The third-order valence-electron chi connectivity index (χ3n) is 2.79. The second kappa shape index (κ2) is 7.79. The largest absolute Gasteiger partial charge is 0.435 e. The van der Waals surface area contributed by atoms with Crippen LogP contribution < -0.4 is 10.5 Å². The molecule has 2 N–H and O–H groups in total. The van der Waals surface area contributed by atoms with Crippen molar-refractivity contribution in [1.82, 2.24) is 4.90 Å². The van der Waals surface area contributed by atoms with Crippen LogP contribution in [0.25, 0.3) is 0 Å². The molecule has 6 heteroatoms. The number of amides is 1. The van der Waals surface area contributed by atoms with E-state index in [1.165, 1.54) is 18.2 Å². The highest BCUT2D eigenvalue weighted by molar-refractivity contribution is 5.94. The van der Waals surface area contributed by atoms with Crippen molar-refractivity contribution in [2.24, 2.45) is 5.73 Å². The first-order valence-electron chi connectivity index (χ1n) is 6.51. The molecule has 0 saturated carbocycles. The van der Waals surface area contributed by atoms with Crippen molar-refractivity contribution in [3.8, 4) is 5.75 Å². The van der Waals surface area contributed by atoms with Crippen LogP contribution >= 0.6 is 0 Å². The van der Waals surface area contributed by atoms with E-state index in [0.717, 1.165) is 0 Å². The standard InChI is InChI=1S/C14H20F2N2O2/c1-10(2)18(8-4-7-17)13(19)11-5-3-6-12(9-11)20-14(15)16/h3,5-6,9-10,14H,4,7-8,17H2,1-2H3. The van der Waals surface area contributed by atoms with Crippen molar-refractivity contribution < 1.29 is 18.3 Å². The Hall–Kier alpha value is -1.69. The van der Waals surface area contributed by atoms with Gasteiger partial charge in [0, 0.05) is 18.2 Å². The summed E-state index contributed by atoms with van der Waals surface area (Å²) in [6, 6.07) is 5.83. The van der Waals surface area contributed by atoms with Crippen molar-refractivity contribution in [3.05, 3.63) is 29.8 Å². The summed E-state index contributed by atoms with van der Waals surface area (Å²) < 4.78 is 28.7. The molecular weight excluding hydrogens is 266 g/mol. The summed E-state index contributed by atoms with van der Waals surface area (Å²) >= 11 is 0. The van der Waals surface area contributed by atoms with Crippen molar-refractivity contribution >= 4 is 5.91 Å². The van der Waals surface area contributed by atoms with Crippen LogP contribution in [0.15, 0.2) is 24.3 Å². The van der Waals surface area contributed by atoms with Gasteiger partial charge >= 0.3 is 6.61 Å². The fourth-order valence-electron chi connectivity index (χ4n) is 1.83. The first-order chi connectivity index (χ1) is 9.45. The van der Waals surface area contributed by atoms with Crippen LogP contribution in [-0.2, 0) is 0 Å². The van der Waals surface area contributed by atoms with E-state index in [0.29, 0.717) is 25.1 Å². The molecule has 0 aromatic heterocycles. The van der Waals surface area contributed by atoms with Crippen LogP contribution in [-0.4, -0.2) is 36.5 Å². The Kier molecular flexibility index (Phi) is 6.38. The van der Waals surface area contributed by atoms with Gasteiger partial charge in [0.15, 0.2) is 0 Å². The van der Waals surface area contributed by atoms with Gasteiger partial charge in [-0.05, 0) is 45.0 Å². The molecule has 0 aliphatic rings. The number of nitrogens with two attached hydrogens (primary N) is 1. The zero-order valence-corrected chi connectivity index (χ0v) is 11.7. The molecule has 0 heterocycles. The number of alkyl halides is 2. The zero-order valence-electron chi connectivity index (χ0n) is 11.7. The number of carbonyl (C=O) groups excluding carboxylic acids is 1.